The minimum Gasteiger partial charge on any atom is -0.479 e. The first-order valence-electron chi connectivity index (χ1n) is 10.4. The monoisotopic (exact) mass is 504 g/mol. The van der Waals surface area contributed by atoms with Crippen LogP contribution in [-0.2, 0) is 23.7 Å². The second-order valence-electron chi connectivity index (χ2n) is 8.19. The van der Waals surface area contributed by atoms with Gasteiger partial charge in [-0.25, -0.2) is 4.79 Å². The van der Waals surface area contributed by atoms with Gasteiger partial charge in [0.05, 0.1) is 19.3 Å². The van der Waals surface area contributed by atoms with Crippen molar-refractivity contribution in [2.75, 3.05) is 13.2 Å². The molecule has 0 aromatic heterocycles. The van der Waals surface area contributed by atoms with Crippen LogP contribution in [0, 0.1) is 0 Å². The van der Waals surface area contributed by atoms with Gasteiger partial charge in [-0.3, -0.25) is 0 Å². The first-order valence-corrected chi connectivity index (χ1v) is 10.4. The van der Waals surface area contributed by atoms with Crippen LogP contribution in [0.15, 0.2) is 0 Å². The third-order valence-corrected chi connectivity index (χ3v) is 5.65. The Morgan fingerprint density at radius 2 is 1.29 bits per heavy atom. The van der Waals surface area contributed by atoms with E-state index < -0.39 is 105 Å². The second-order valence-corrected chi connectivity index (χ2v) is 8.19. The van der Waals surface area contributed by atoms with Crippen molar-refractivity contribution in [3.8, 4) is 0 Å². The van der Waals surface area contributed by atoms with E-state index in [1.807, 2.05) is 0 Å². The fraction of sp³-hybridized carbons (Fsp3) is 0.944. The van der Waals surface area contributed by atoms with Gasteiger partial charge in [0.25, 0.3) is 0 Å². The van der Waals surface area contributed by atoms with Crippen molar-refractivity contribution in [2.24, 2.45) is 0 Å². The van der Waals surface area contributed by atoms with E-state index in [1.54, 1.807) is 0 Å². The Hall–Kier alpha value is -1.09. The number of carboxylic acids is 1. The van der Waals surface area contributed by atoms with E-state index in [-0.39, 0.29) is 0 Å². The predicted molar refractivity (Wildman–Crippen MR) is 103 cm³/mol. The largest absolute Gasteiger partial charge is 0.479 e. The molecule has 0 bridgehead atoms. The Labute approximate surface area is 192 Å². The molecule has 0 aliphatic carbocycles. The van der Waals surface area contributed by atoms with Gasteiger partial charge in [0.1, 0.15) is 61.0 Å². The van der Waals surface area contributed by atoms with E-state index in [9.17, 15) is 55.9 Å². The molecule has 2 heterocycles. The lowest BCUT2D eigenvalue weighted by Gasteiger charge is -2.42. The van der Waals surface area contributed by atoms with Crippen LogP contribution in [0.5, 0.6) is 0 Å². The maximum atomic E-state index is 10.7. The van der Waals surface area contributed by atoms with Gasteiger partial charge in [0.15, 0.2) is 18.7 Å². The van der Waals surface area contributed by atoms with E-state index in [1.165, 1.54) is 6.92 Å². The molecule has 2 saturated heterocycles. The van der Waals surface area contributed by atoms with Crippen LogP contribution in [0.4, 0.5) is 0 Å². The van der Waals surface area contributed by atoms with Gasteiger partial charge in [0.2, 0.25) is 0 Å². The third kappa shape index (κ3) is 6.56. The van der Waals surface area contributed by atoms with Crippen molar-refractivity contribution in [2.45, 2.75) is 92.8 Å². The first-order chi connectivity index (χ1) is 15.8. The highest BCUT2D eigenvalue weighted by atomic mass is 16.7. The van der Waals surface area contributed by atoms with Gasteiger partial charge in [-0.2, -0.15) is 0 Å². The van der Waals surface area contributed by atoms with Crippen LogP contribution in [0.3, 0.4) is 0 Å². The minimum atomic E-state index is -2.40. The number of aliphatic carboxylic acids is 1. The molecule has 2 rings (SSSR count). The van der Waals surface area contributed by atoms with E-state index in [4.69, 9.17) is 24.1 Å². The topological polar surface area (TPSA) is 277 Å². The molecule has 16 nitrogen and oxygen atoms in total. The Kier molecular flexibility index (Phi) is 10.5. The summed E-state index contributed by atoms with van der Waals surface area (Å²) in [7, 11) is 0. The number of carboxylic acid groups (broad SMARTS) is 1. The average Bonchev–Trinajstić information content (AvgIpc) is 2.81. The SMILES string of the molecule is CC1O[C@H](OCC2O[C@H](OCC(O)[C@@H](O)C(O)C(O)C(=O)O)C(O)C(O)[C@@H]2O)C(O)C(O)[C@@H]1O. The highest BCUT2D eigenvalue weighted by molar-refractivity contribution is 5.72. The Morgan fingerprint density at radius 3 is 1.85 bits per heavy atom. The molecule has 200 valence electrons. The Morgan fingerprint density at radius 1 is 0.765 bits per heavy atom. The van der Waals surface area contributed by atoms with Crippen molar-refractivity contribution >= 4 is 5.97 Å². The molecule has 0 radical (unpaired) electrons. The summed E-state index contributed by atoms with van der Waals surface area (Å²) >= 11 is 0. The van der Waals surface area contributed by atoms with Crippen molar-refractivity contribution < 1.29 is 79.9 Å². The molecule has 0 spiro atoms. The summed E-state index contributed by atoms with van der Waals surface area (Å²) in [5.74, 6) is -1.85. The number of carbonyl (C=O) groups is 1. The Bertz CT molecular complexity index is 651. The first kappa shape index (κ1) is 29.1. The van der Waals surface area contributed by atoms with E-state index >= 15 is 0 Å². The molecular weight excluding hydrogens is 472 g/mol. The molecule has 0 aromatic carbocycles. The molecule has 34 heavy (non-hydrogen) atoms. The molecule has 11 N–H and O–H groups in total. The normalized spacial score (nSPS) is 42.6. The Balaban J connectivity index is 1.94. The van der Waals surface area contributed by atoms with Crippen LogP contribution in [0.25, 0.3) is 0 Å². The molecular formula is C18H32O16. The molecule has 0 amide bonds. The van der Waals surface area contributed by atoms with Gasteiger partial charge < -0.3 is 75.1 Å². The van der Waals surface area contributed by atoms with Crippen LogP contribution < -0.4 is 0 Å². The van der Waals surface area contributed by atoms with Crippen molar-refractivity contribution in [1.82, 2.24) is 0 Å². The zero-order valence-electron chi connectivity index (χ0n) is 18.0. The van der Waals surface area contributed by atoms with Gasteiger partial charge in [-0.15, -0.1) is 0 Å². The third-order valence-electron chi connectivity index (χ3n) is 5.65. The smallest absolute Gasteiger partial charge is 0.335 e. The summed E-state index contributed by atoms with van der Waals surface area (Å²) in [6.07, 6.45) is -24.3. The number of hydrogen-bond acceptors (Lipinski definition) is 15. The fourth-order valence-electron chi connectivity index (χ4n) is 3.39. The molecule has 9 unspecified atom stereocenters. The van der Waals surface area contributed by atoms with Crippen LogP contribution in [0.1, 0.15) is 6.92 Å². The van der Waals surface area contributed by atoms with Crippen molar-refractivity contribution in [3.05, 3.63) is 0 Å². The van der Waals surface area contributed by atoms with Crippen molar-refractivity contribution in [3.63, 3.8) is 0 Å². The summed E-state index contributed by atoms with van der Waals surface area (Å²) in [4.78, 5) is 10.7. The van der Waals surface area contributed by atoms with E-state index in [0.717, 1.165) is 0 Å². The highest BCUT2D eigenvalue weighted by Gasteiger charge is 2.47. The number of rotatable bonds is 10. The summed E-state index contributed by atoms with van der Waals surface area (Å²) in [6.45, 7) is -0.0102. The number of aliphatic hydroxyl groups excluding tert-OH is 10. The molecule has 2 aliphatic heterocycles. The number of hydrogen-bond donors (Lipinski definition) is 11. The van der Waals surface area contributed by atoms with Crippen LogP contribution in [-0.4, -0.2) is 161 Å². The quantitative estimate of drug-likeness (QED) is 0.132. The summed E-state index contributed by atoms with van der Waals surface area (Å²) in [5, 5.41) is 107. The van der Waals surface area contributed by atoms with E-state index in [0.29, 0.717) is 0 Å². The number of ether oxygens (including phenoxy) is 4. The lowest BCUT2D eigenvalue weighted by Crippen LogP contribution is -2.61. The second kappa shape index (κ2) is 12.2. The summed E-state index contributed by atoms with van der Waals surface area (Å²) in [6, 6.07) is 0. The molecule has 2 fully saturated rings. The van der Waals surface area contributed by atoms with Gasteiger partial charge in [0, 0.05) is 0 Å². The zero-order valence-corrected chi connectivity index (χ0v) is 18.0. The van der Waals surface area contributed by atoms with Crippen LogP contribution >= 0.6 is 0 Å². The molecule has 2 aliphatic rings. The molecule has 16 heteroatoms. The number of aliphatic hydroxyl groups is 10. The highest BCUT2D eigenvalue weighted by Crippen LogP contribution is 2.26. The average molecular weight is 504 g/mol. The molecule has 14 atom stereocenters. The van der Waals surface area contributed by atoms with Gasteiger partial charge in [-0.1, -0.05) is 0 Å². The van der Waals surface area contributed by atoms with Gasteiger partial charge >= 0.3 is 5.97 Å². The fourth-order valence-corrected chi connectivity index (χ4v) is 3.39. The molecule has 0 aromatic rings. The molecule has 0 saturated carbocycles. The maximum Gasteiger partial charge on any atom is 0.335 e. The lowest BCUT2D eigenvalue weighted by molar-refractivity contribution is -0.330. The zero-order chi connectivity index (χ0) is 25.9. The summed E-state index contributed by atoms with van der Waals surface area (Å²) in [5.41, 5.74) is 0. The van der Waals surface area contributed by atoms with Crippen molar-refractivity contribution in [1.29, 1.82) is 0 Å². The standard InChI is InChI=1S/C18H32O16/c1-4-7(20)10(23)14(27)17(33-4)32-3-6-9(22)12(25)15(28)18(34-6)31-2-5(19)8(21)11(24)13(26)16(29)30/h4-15,17-28H,2-3H2,1H3,(H,29,30)/t4?,5?,6?,7-,8-,9-,10?,11?,12?,13?,14?,15?,17+,18+/m1/s1. The van der Waals surface area contributed by atoms with Gasteiger partial charge in [-0.05, 0) is 6.92 Å². The summed E-state index contributed by atoms with van der Waals surface area (Å²) < 4.78 is 20.9. The lowest BCUT2D eigenvalue weighted by atomic mass is 9.98. The van der Waals surface area contributed by atoms with E-state index in [2.05, 4.69) is 0 Å². The van der Waals surface area contributed by atoms with Crippen LogP contribution in [0.2, 0.25) is 0 Å². The maximum absolute atomic E-state index is 10.7. The predicted octanol–water partition coefficient (Wildman–Crippen LogP) is -6.82. The minimum absolute atomic E-state index is 0.559.